The van der Waals surface area contributed by atoms with Gasteiger partial charge in [0.2, 0.25) is 5.91 Å². The first-order valence-electron chi connectivity index (χ1n) is 10.2. The van der Waals surface area contributed by atoms with E-state index in [1.54, 1.807) is 0 Å². The smallest absolute Gasteiger partial charge is 0.231 e. The number of nitrogens with one attached hydrogen (secondary N) is 1. The molecule has 1 aliphatic carbocycles. The summed E-state index contributed by atoms with van der Waals surface area (Å²) in [6.45, 7) is 7.49. The fraction of sp³-hybridized carbons (Fsp3) is 0.435. The van der Waals surface area contributed by atoms with E-state index in [-0.39, 0.29) is 11.8 Å². The van der Waals surface area contributed by atoms with Gasteiger partial charge in [-0.3, -0.25) is 4.79 Å². The van der Waals surface area contributed by atoms with Crippen LogP contribution in [0.2, 0.25) is 0 Å². The lowest BCUT2D eigenvalue weighted by molar-refractivity contribution is -0.117. The molecule has 2 aliphatic rings. The topological polar surface area (TPSA) is 35.6 Å². The van der Waals surface area contributed by atoms with Crippen molar-refractivity contribution >= 4 is 17.3 Å². The van der Waals surface area contributed by atoms with E-state index < -0.39 is 0 Å². The first kappa shape index (κ1) is 18.1. The molecule has 1 N–H and O–H groups in total. The van der Waals surface area contributed by atoms with Gasteiger partial charge in [-0.2, -0.15) is 0 Å². The summed E-state index contributed by atoms with van der Waals surface area (Å²) in [7, 11) is 0. The van der Waals surface area contributed by atoms with Crippen molar-refractivity contribution in [2.75, 3.05) is 42.9 Å². The first-order chi connectivity index (χ1) is 13.3. The first-order valence-corrected chi connectivity index (χ1v) is 10.2. The molecular formula is C23H29N3O. The standard InChI is InChI=1S/C23H29N3O/c1-2-25-14-16-26(17-15-25)22-13-6-5-12-21(22)24-23(27)20-11-7-9-18-8-3-4-10-19(18)20/h3-6,8,10,12-13,20H,2,7,9,11,14-17H2,1H3,(H,24,27). The molecule has 1 fully saturated rings. The number of anilines is 2. The molecule has 1 saturated heterocycles. The number of nitrogens with zero attached hydrogens (tertiary/aromatic N) is 2. The number of carbonyl (C=O) groups excluding carboxylic acids is 1. The van der Waals surface area contributed by atoms with Crippen LogP contribution in [0.4, 0.5) is 11.4 Å². The Morgan fingerprint density at radius 3 is 2.59 bits per heavy atom. The molecule has 2 aromatic carbocycles. The number of benzene rings is 2. The summed E-state index contributed by atoms with van der Waals surface area (Å²) in [4.78, 5) is 18.0. The number of rotatable bonds is 4. The van der Waals surface area contributed by atoms with Gasteiger partial charge in [-0.15, -0.1) is 0 Å². The highest BCUT2D eigenvalue weighted by atomic mass is 16.1. The highest BCUT2D eigenvalue weighted by Crippen LogP contribution is 2.34. The summed E-state index contributed by atoms with van der Waals surface area (Å²) >= 11 is 0. The number of carbonyl (C=O) groups is 1. The fourth-order valence-electron chi connectivity index (χ4n) is 4.41. The molecule has 2 aromatic rings. The van der Waals surface area contributed by atoms with E-state index in [9.17, 15) is 4.79 Å². The molecule has 0 bridgehead atoms. The molecule has 4 heteroatoms. The molecule has 0 saturated carbocycles. The summed E-state index contributed by atoms with van der Waals surface area (Å²) in [6.07, 6.45) is 3.09. The van der Waals surface area contributed by atoms with E-state index in [1.165, 1.54) is 11.1 Å². The lowest BCUT2D eigenvalue weighted by Crippen LogP contribution is -2.46. The Bertz CT molecular complexity index is 796. The normalized spacial score (nSPS) is 20.2. The number of fused-ring (bicyclic) bond motifs is 1. The maximum absolute atomic E-state index is 13.1. The lowest BCUT2D eigenvalue weighted by Gasteiger charge is -2.36. The van der Waals surface area contributed by atoms with Gasteiger partial charge in [-0.25, -0.2) is 0 Å². The van der Waals surface area contributed by atoms with Crippen LogP contribution in [0, 0.1) is 0 Å². The van der Waals surface area contributed by atoms with E-state index in [1.807, 2.05) is 18.2 Å². The zero-order valence-electron chi connectivity index (χ0n) is 16.2. The lowest BCUT2D eigenvalue weighted by atomic mass is 9.82. The van der Waals surface area contributed by atoms with Crippen LogP contribution in [0.3, 0.4) is 0 Å². The van der Waals surface area contributed by atoms with Crippen molar-refractivity contribution in [2.24, 2.45) is 0 Å². The van der Waals surface area contributed by atoms with Crippen LogP contribution in [0.1, 0.15) is 36.8 Å². The average Bonchev–Trinajstić information content (AvgIpc) is 2.74. The van der Waals surface area contributed by atoms with Gasteiger partial charge in [-0.05, 0) is 49.1 Å². The number of amides is 1. The number of likely N-dealkylation sites (N-methyl/N-ethyl adjacent to an activating group) is 1. The molecule has 0 aromatic heterocycles. The Morgan fingerprint density at radius 2 is 1.78 bits per heavy atom. The maximum atomic E-state index is 13.1. The molecular weight excluding hydrogens is 334 g/mol. The van der Waals surface area contributed by atoms with Crippen LogP contribution >= 0.6 is 0 Å². The van der Waals surface area contributed by atoms with E-state index in [4.69, 9.17) is 0 Å². The van der Waals surface area contributed by atoms with E-state index in [0.29, 0.717) is 0 Å². The van der Waals surface area contributed by atoms with Crippen molar-refractivity contribution in [2.45, 2.75) is 32.1 Å². The predicted octanol–water partition coefficient (Wildman–Crippen LogP) is 3.89. The number of hydrogen-bond acceptors (Lipinski definition) is 3. The molecule has 1 heterocycles. The van der Waals surface area contributed by atoms with E-state index in [0.717, 1.165) is 63.4 Å². The van der Waals surface area contributed by atoms with Crippen molar-refractivity contribution in [1.29, 1.82) is 0 Å². The molecule has 1 unspecified atom stereocenters. The van der Waals surface area contributed by atoms with Crippen LogP contribution in [-0.2, 0) is 11.2 Å². The third-order valence-corrected chi connectivity index (χ3v) is 6.01. The fourth-order valence-corrected chi connectivity index (χ4v) is 4.41. The van der Waals surface area contributed by atoms with Gasteiger partial charge in [0, 0.05) is 26.2 Å². The summed E-state index contributed by atoms with van der Waals surface area (Å²) in [5.41, 5.74) is 4.62. The number of hydrogen-bond donors (Lipinski definition) is 1. The van der Waals surface area contributed by atoms with Gasteiger partial charge in [0.05, 0.1) is 17.3 Å². The van der Waals surface area contributed by atoms with Gasteiger partial charge in [0.1, 0.15) is 0 Å². The van der Waals surface area contributed by atoms with Gasteiger partial charge < -0.3 is 15.1 Å². The average molecular weight is 364 g/mol. The summed E-state index contributed by atoms with van der Waals surface area (Å²) in [6, 6.07) is 16.6. The number of para-hydroxylation sites is 2. The van der Waals surface area contributed by atoms with Crippen LogP contribution < -0.4 is 10.2 Å². The van der Waals surface area contributed by atoms with Crippen molar-refractivity contribution in [3.63, 3.8) is 0 Å². The van der Waals surface area contributed by atoms with Crippen LogP contribution in [0.25, 0.3) is 0 Å². The van der Waals surface area contributed by atoms with Gasteiger partial charge in [0.15, 0.2) is 0 Å². The second kappa shape index (κ2) is 8.13. The van der Waals surface area contributed by atoms with E-state index >= 15 is 0 Å². The molecule has 1 atom stereocenters. The molecule has 1 aliphatic heterocycles. The van der Waals surface area contributed by atoms with E-state index in [2.05, 4.69) is 52.4 Å². The molecule has 0 radical (unpaired) electrons. The van der Waals surface area contributed by atoms with Crippen LogP contribution in [0.5, 0.6) is 0 Å². The van der Waals surface area contributed by atoms with Gasteiger partial charge >= 0.3 is 0 Å². The van der Waals surface area contributed by atoms with Gasteiger partial charge in [0.25, 0.3) is 0 Å². The molecule has 4 rings (SSSR count). The van der Waals surface area contributed by atoms with Gasteiger partial charge in [-0.1, -0.05) is 43.3 Å². The third kappa shape index (κ3) is 3.86. The zero-order valence-corrected chi connectivity index (χ0v) is 16.2. The number of aryl methyl sites for hydroxylation is 1. The Hall–Kier alpha value is -2.33. The SMILES string of the molecule is CCN1CCN(c2ccccc2NC(=O)C2CCCc3ccccc32)CC1. The van der Waals surface area contributed by atoms with Crippen molar-refractivity contribution in [3.05, 3.63) is 59.7 Å². The molecule has 27 heavy (non-hydrogen) atoms. The second-order valence-corrected chi connectivity index (χ2v) is 7.57. The zero-order chi connectivity index (χ0) is 18.6. The van der Waals surface area contributed by atoms with Crippen molar-refractivity contribution in [3.8, 4) is 0 Å². The molecule has 0 spiro atoms. The Balaban J connectivity index is 1.51. The molecule has 4 nitrogen and oxygen atoms in total. The second-order valence-electron chi connectivity index (χ2n) is 7.57. The highest BCUT2D eigenvalue weighted by molar-refractivity contribution is 5.98. The Morgan fingerprint density at radius 1 is 1.04 bits per heavy atom. The third-order valence-electron chi connectivity index (χ3n) is 6.01. The monoisotopic (exact) mass is 363 g/mol. The minimum absolute atomic E-state index is 0.0417. The molecule has 1 amide bonds. The molecule has 142 valence electrons. The highest BCUT2D eigenvalue weighted by Gasteiger charge is 2.27. The Kier molecular flexibility index (Phi) is 5.44. The minimum Gasteiger partial charge on any atom is -0.367 e. The summed E-state index contributed by atoms with van der Waals surface area (Å²) < 4.78 is 0. The largest absolute Gasteiger partial charge is 0.367 e. The summed E-state index contributed by atoms with van der Waals surface area (Å²) in [5.74, 6) is 0.0849. The summed E-state index contributed by atoms with van der Waals surface area (Å²) in [5, 5.41) is 3.25. The predicted molar refractivity (Wildman–Crippen MR) is 112 cm³/mol. The van der Waals surface area contributed by atoms with Crippen LogP contribution in [-0.4, -0.2) is 43.5 Å². The Labute approximate surface area is 162 Å². The number of piperazine rings is 1. The minimum atomic E-state index is -0.0417. The van der Waals surface area contributed by atoms with Crippen LogP contribution in [0.15, 0.2) is 48.5 Å². The quantitative estimate of drug-likeness (QED) is 0.895. The van der Waals surface area contributed by atoms with Crippen molar-refractivity contribution in [1.82, 2.24) is 4.90 Å². The maximum Gasteiger partial charge on any atom is 0.231 e. The van der Waals surface area contributed by atoms with Crippen molar-refractivity contribution < 1.29 is 4.79 Å².